The first-order valence-corrected chi connectivity index (χ1v) is 7.10. The summed E-state index contributed by atoms with van der Waals surface area (Å²) in [6.07, 6.45) is 1.77. The summed E-state index contributed by atoms with van der Waals surface area (Å²) in [6, 6.07) is 8.85. The number of hydrogen-bond donors (Lipinski definition) is 3. The topological polar surface area (TPSA) is 68.6 Å². The molecule has 0 atom stereocenters. The van der Waals surface area contributed by atoms with Gasteiger partial charge >= 0.3 is 0 Å². The van der Waals surface area contributed by atoms with Gasteiger partial charge in [-0.1, -0.05) is 12.1 Å². The van der Waals surface area contributed by atoms with E-state index < -0.39 is 0 Å². The van der Waals surface area contributed by atoms with Gasteiger partial charge in [0.15, 0.2) is 11.5 Å². The molecule has 0 aliphatic carbocycles. The zero-order valence-corrected chi connectivity index (χ0v) is 12.4. The van der Waals surface area contributed by atoms with Crippen LogP contribution in [0.3, 0.4) is 0 Å². The Morgan fingerprint density at radius 1 is 1.10 bits per heavy atom. The fourth-order valence-electron chi connectivity index (χ4n) is 2.14. The number of anilines is 2. The Morgan fingerprint density at radius 2 is 1.86 bits per heavy atom. The largest absolute Gasteiger partial charge is 0.504 e. The zero-order valence-electron chi connectivity index (χ0n) is 12.4. The van der Waals surface area contributed by atoms with Gasteiger partial charge in [0.25, 0.3) is 0 Å². The monoisotopic (exact) mass is 287 g/mol. The fourth-order valence-corrected chi connectivity index (χ4v) is 2.14. The first-order chi connectivity index (χ1) is 10.2. The minimum absolute atomic E-state index is 0.0854. The summed E-state index contributed by atoms with van der Waals surface area (Å²) in [5.41, 5.74) is 1.51. The van der Waals surface area contributed by atoms with E-state index in [9.17, 15) is 10.2 Å². The zero-order chi connectivity index (χ0) is 15.2. The number of pyridine rings is 1. The summed E-state index contributed by atoms with van der Waals surface area (Å²) in [5.74, 6) is 0.757. The molecule has 3 N–H and O–H groups in total. The number of phenols is 2. The molecule has 0 fully saturated rings. The molecule has 2 aromatic rings. The average Bonchev–Trinajstić information content (AvgIpc) is 2.51. The molecule has 0 unspecified atom stereocenters. The van der Waals surface area contributed by atoms with Crippen LogP contribution in [0, 0.1) is 0 Å². The van der Waals surface area contributed by atoms with E-state index in [1.165, 1.54) is 6.07 Å². The van der Waals surface area contributed by atoms with Crippen LogP contribution >= 0.6 is 0 Å². The summed E-state index contributed by atoms with van der Waals surface area (Å²) in [5, 5.41) is 22.4. The van der Waals surface area contributed by atoms with Crippen LogP contribution in [0.1, 0.15) is 19.4 Å². The molecule has 0 saturated heterocycles. The number of nitrogens with one attached hydrogen (secondary N) is 1. The lowest BCUT2D eigenvalue weighted by molar-refractivity contribution is 0.400. The van der Waals surface area contributed by atoms with Gasteiger partial charge in [-0.3, -0.25) is 0 Å². The van der Waals surface area contributed by atoms with E-state index >= 15 is 0 Å². The molecule has 5 nitrogen and oxygen atoms in total. The number of hydrogen-bond acceptors (Lipinski definition) is 5. The van der Waals surface area contributed by atoms with Gasteiger partial charge in [0.05, 0.1) is 11.9 Å². The molecule has 112 valence electrons. The molecule has 0 spiro atoms. The average molecular weight is 287 g/mol. The Labute approximate surface area is 124 Å². The SMILES string of the molecule is CCN(CC)c1ccc(NCc2cccc(O)c2O)cn1. The predicted octanol–water partition coefficient (Wildman–Crippen LogP) is 2.95. The molecule has 5 heteroatoms. The number of benzene rings is 1. The molecule has 0 aliphatic rings. The lowest BCUT2D eigenvalue weighted by Gasteiger charge is -2.19. The lowest BCUT2D eigenvalue weighted by Crippen LogP contribution is -2.22. The number of phenolic OH excluding ortho intramolecular Hbond substituents is 2. The molecule has 0 bridgehead atoms. The summed E-state index contributed by atoms with van der Waals surface area (Å²) in [7, 11) is 0. The van der Waals surface area contributed by atoms with Gasteiger partial charge in [-0.25, -0.2) is 4.98 Å². The third-order valence-corrected chi connectivity index (χ3v) is 3.42. The molecule has 0 radical (unpaired) electrons. The minimum Gasteiger partial charge on any atom is -0.504 e. The van der Waals surface area contributed by atoms with Crippen molar-refractivity contribution < 1.29 is 10.2 Å². The Hall–Kier alpha value is -2.43. The van der Waals surface area contributed by atoms with Crippen molar-refractivity contribution in [1.29, 1.82) is 0 Å². The molecule has 1 heterocycles. The Balaban J connectivity index is 2.02. The quantitative estimate of drug-likeness (QED) is 0.713. The van der Waals surface area contributed by atoms with Crippen LogP contribution in [0.25, 0.3) is 0 Å². The van der Waals surface area contributed by atoms with E-state index in [4.69, 9.17) is 0 Å². The highest BCUT2D eigenvalue weighted by atomic mass is 16.3. The predicted molar refractivity (Wildman–Crippen MR) is 84.9 cm³/mol. The van der Waals surface area contributed by atoms with Gasteiger partial charge in [0.1, 0.15) is 5.82 Å². The standard InChI is InChI=1S/C16H21N3O2/c1-3-19(4-2)15-9-8-13(11-18-15)17-10-12-6-5-7-14(20)16(12)21/h5-9,11,17,20-21H,3-4,10H2,1-2H3. The Bertz CT molecular complexity index is 581. The van der Waals surface area contributed by atoms with Crippen LogP contribution in [0.15, 0.2) is 36.5 Å². The second-order valence-electron chi connectivity index (χ2n) is 4.72. The molecule has 0 aliphatic heterocycles. The molecular formula is C16H21N3O2. The minimum atomic E-state index is -0.107. The molecule has 21 heavy (non-hydrogen) atoms. The van der Waals surface area contributed by atoms with Crippen molar-refractivity contribution in [2.45, 2.75) is 20.4 Å². The highest BCUT2D eigenvalue weighted by Crippen LogP contribution is 2.28. The van der Waals surface area contributed by atoms with E-state index in [2.05, 4.69) is 29.0 Å². The Kier molecular flexibility index (Phi) is 4.87. The highest BCUT2D eigenvalue weighted by molar-refractivity contribution is 5.51. The van der Waals surface area contributed by atoms with Crippen molar-refractivity contribution in [3.63, 3.8) is 0 Å². The van der Waals surface area contributed by atoms with E-state index in [-0.39, 0.29) is 11.5 Å². The summed E-state index contributed by atoms with van der Waals surface area (Å²) in [4.78, 5) is 6.60. The third kappa shape index (κ3) is 3.56. The van der Waals surface area contributed by atoms with E-state index in [1.54, 1.807) is 18.3 Å². The summed E-state index contributed by atoms with van der Waals surface area (Å²) in [6.45, 7) is 6.47. The molecule has 2 rings (SSSR count). The lowest BCUT2D eigenvalue weighted by atomic mass is 10.2. The maximum atomic E-state index is 9.74. The maximum Gasteiger partial charge on any atom is 0.162 e. The molecule has 1 aromatic heterocycles. The first-order valence-electron chi connectivity index (χ1n) is 7.10. The van der Waals surface area contributed by atoms with Gasteiger partial charge in [-0.2, -0.15) is 0 Å². The van der Waals surface area contributed by atoms with Gasteiger partial charge < -0.3 is 20.4 Å². The second kappa shape index (κ2) is 6.83. The van der Waals surface area contributed by atoms with Gasteiger partial charge in [-0.15, -0.1) is 0 Å². The van der Waals surface area contributed by atoms with E-state index in [0.29, 0.717) is 12.1 Å². The van der Waals surface area contributed by atoms with Crippen molar-refractivity contribution in [2.24, 2.45) is 0 Å². The van der Waals surface area contributed by atoms with Crippen molar-refractivity contribution in [3.8, 4) is 11.5 Å². The number of aromatic hydroxyl groups is 2. The third-order valence-electron chi connectivity index (χ3n) is 3.42. The number of nitrogens with zero attached hydrogens (tertiary/aromatic N) is 2. The molecule has 1 aromatic carbocycles. The van der Waals surface area contributed by atoms with E-state index in [1.807, 2.05) is 12.1 Å². The van der Waals surface area contributed by atoms with Crippen LogP contribution in [0.2, 0.25) is 0 Å². The summed E-state index contributed by atoms with van der Waals surface area (Å²) >= 11 is 0. The summed E-state index contributed by atoms with van der Waals surface area (Å²) < 4.78 is 0. The van der Waals surface area contributed by atoms with Crippen molar-refractivity contribution in [1.82, 2.24) is 4.98 Å². The Morgan fingerprint density at radius 3 is 2.48 bits per heavy atom. The van der Waals surface area contributed by atoms with Crippen LogP contribution in [0.4, 0.5) is 11.5 Å². The molecular weight excluding hydrogens is 266 g/mol. The van der Waals surface area contributed by atoms with Crippen LogP contribution in [-0.2, 0) is 6.54 Å². The first kappa shape index (κ1) is 15.0. The van der Waals surface area contributed by atoms with E-state index in [0.717, 1.165) is 24.6 Å². The number of aromatic nitrogens is 1. The van der Waals surface area contributed by atoms with Crippen molar-refractivity contribution >= 4 is 11.5 Å². The smallest absolute Gasteiger partial charge is 0.162 e. The number of para-hydroxylation sites is 1. The van der Waals surface area contributed by atoms with Gasteiger partial charge in [-0.05, 0) is 32.0 Å². The van der Waals surface area contributed by atoms with Crippen LogP contribution < -0.4 is 10.2 Å². The maximum absolute atomic E-state index is 9.74. The second-order valence-corrected chi connectivity index (χ2v) is 4.72. The normalized spacial score (nSPS) is 10.4. The van der Waals surface area contributed by atoms with Crippen molar-refractivity contribution in [3.05, 3.63) is 42.1 Å². The van der Waals surface area contributed by atoms with Crippen LogP contribution in [0.5, 0.6) is 11.5 Å². The fraction of sp³-hybridized carbons (Fsp3) is 0.312. The van der Waals surface area contributed by atoms with Crippen molar-refractivity contribution in [2.75, 3.05) is 23.3 Å². The van der Waals surface area contributed by atoms with Gasteiger partial charge in [0, 0.05) is 25.2 Å². The number of rotatable bonds is 6. The highest BCUT2D eigenvalue weighted by Gasteiger charge is 2.06. The van der Waals surface area contributed by atoms with Gasteiger partial charge in [0.2, 0.25) is 0 Å². The molecule has 0 saturated carbocycles. The molecule has 0 amide bonds. The van der Waals surface area contributed by atoms with Crippen LogP contribution in [-0.4, -0.2) is 28.3 Å².